The molecule has 0 bridgehead atoms. The van der Waals surface area contributed by atoms with Crippen LogP contribution in [0.5, 0.6) is 5.75 Å². The number of nitrogens with one attached hydrogen (secondary N) is 1. The van der Waals surface area contributed by atoms with E-state index in [1.54, 1.807) is 55.6 Å². The summed E-state index contributed by atoms with van der Waals surface area (Å²) in [6.07, 6.45) is 0. The maximum Gasteiger partial charge on any atom is 0.243 e. The highest BCUT2D eigenvalue weighted by Crippen LogP contribution is 2.25. The van der Waals surface area contributed by atoms with Gasteiger partial charge in [-0.05, 0) is 43.7 Å². The predicted molar refractivity (Wildman–Crippen MR) is 130 cm³/mol. The number of carbonyl (C=O) groups is 1. The predicted octanol–water partition coefficient (Wildman–Crippen LogP) is 4.73. The Balaban J connectivity index is 1.86. The molecule has 1 N–H and O–H groups in total. The van der Waals surface area contributed by atoms with Crippen molar-refractivity contribution in [2.24, 2.45) is 0 Å². The Hall–Kier alpha value is -2.87. The van der Waals surface area contributed by atoms with Crippen molar-refractivity contribution in [1.82, 2.24) is 9.62 Å². The molecule has 0 fully saturated rings. The van der Waals surface area contributed by atoms with E-state index in [9.17, 15) is 13.2 Å². The van der Waals surface area contributed by atoms with Crippen molar-refractivity contribution >= 4 is 27.5 Å². The number of methoxy groups -OCH3 is 1. The minimum absolute atomic E-state index is 0.0354. The Morgan fingerprint density at radius 3 is 2.33 bits per heavy atom. The van der Waals surface area contributed by atoms with Crippen LogP contribution in [0, 0.1) is 6.92 Å². The fourth-order valence-corrected chi connectivity index (χ4v) is 5.02. The molecule has 1 atom stereocenters. The molecule has 1 amide bonds. The largest absolute Gasteiger partial charge is 0.496 e. The van der Waals surface area contributed by atoms with Crippen LogP contribution in [0.1, 0.15) is 29.7 Å². The third-order valence-corrected chi connectivity index (χ3v) is 7.44. The minimum atomic E-state index is -3.95. The summed E-state index contributed by atoms with van der Waals surface area (Å²) in [6.45, 7) is 3.31. The molecule has 8 heteroatoms. The van der Waals surface area contributed by atoms with Crippen molar-refractivity contribution in [3.63, 3.8) is 0 Å². The van der Waals surface area contributed by atoms with Crippen LogP contribution in [0.4, 0.5) is 0 Å². The Morgan fingerprint density at radius 1 is 1.03 bits per heavy atom. The molecule has 0 spiro atoms. The third-order valence-electron chi connectivity index (χ3n) is 5.27. The van der Waals surface area contributed by atoms with Crippen LogP contribution in [0.15, 0.2) is 77.7 Å². The Morgan fingerprint density at radius 2 is 1.67 bits per heavy atom. The molecule has 0 aliphatic rings. The first-order valence-corrected chi connectivity index (χ1v) is 12.3. The monoisotopic (exact) mass is 486 g/mol. The lowest BCUT2D eigenvalue weighted by molar-refractivity contribution is -0.122. The van der Waals surface area contributed by atoms with Gasteiger partial charge in [-0.3, -0.25) is 4.79 Å². The van der Waals surface area contributed by atoms with E-state index in [-0.39, 0.29) is 24.0 Å². The second-order valence-electron chi connectivity index (χ2n) is 7.71. The van der Waals surface area contributed by atoms with Gasteiger partial charge in [-0.15, -0.1) is 0 Å². The second-order valence-corrected chi connectivity index (χ2v) is 10.1. The number of amides is 1. The lowest BCUT2D eigenvalue weighted by Gasteiger charge is -2.24. The molecule has 0 saturated heterocycles. The molecule has 0 aliphatic carbocycles. The summed E-state index contributed by atoms with van der Waals surface area (Å²) < 4.78 is 33.4. The molecule has 3 aromatic rings. The van der Waals surface area contributed by atoms with E-state index in [1.165, 1.54) is 0 Å². The van der Waals surface area contributed by atoms with Gasteiger partial charge in [-0.2, -0.15) is 4.31 Å². The maximum atomic E-state index is 13.4. The number of sulfonamides is 1. The summed E-state index contributed by atoms with van der Waals surface area (Å²) in [6, 6.07) is 20.5. The number of aryl methyl sites for hydroxylation is 1. The van der Waals surface area contributed by atoms with Crippen LogP contribution < -0.4 is 10.1 Å². The van der Waals surface area contributed by atoms with E-state index in [4.69, 9.17) is 16.3 Å². The van der Waals surface area contributed by atoms with Crippen molar-refractivity contribution in [3.05, 3.63) is 94.5 Å². The maximum absolute atomic E-state index is 13.4. The van der Waals surface area contributed by atoms with E-state index >= 15 is 0 Å². The van der Waals surface area contributed by atoms with Crippen LogP contribution in [-0.4, -0.2) is 32.3 Å². The number of ether oxygens (including phenoxy) is 1. The molecular formula is C25H27ClN2O4S. The number of rotatable bonds is 9. The minimum Gasteiger partial charge on any atom is -0.496 e. The zero-order valence-electron chi connectivity index (χ0n) is 18.8. The first-order valence-electron chi connectivity index (χ1n) is 10.4. The average molecular weight is 487 g/mol. The van der Waals surface area contributed by atoms with E-state index in [0.29, 0.717) is 16.3 Å². The van der Waals surface area contributed by atoms with Crippen molar-refractivity contribution in [3.8, 4) is 5.75 Å². The normalized spacial score (nSPS) is 12.4. The molecule has 33 heavy (non-hydrogen) atoms. The number of nitrogens with zero attached hydrogens (tertiary/aromatic N) is 1. The number of hydrogen-bond acceptors (Lipinski definition) is 4. The topological polar surface area (TPSA) is 75.7 Å². The Kier molecular flexibility index (Phi) is 8.13. The Labute approximate surface area is 200 Å². The lowest BCUT2D eigenvalue weighted by Crippen LogP contribution is -2.41. The van der Waals surface area contributed by atoms with Gasteiger partial charge < -0.3 is 10.1 Å². The molecule has 0 aromatic heterocycles. The van der Waals surface area contributed by atoms with Gasteiger partial charge in [0.25, 0.3) is 0 Å². The highest BCUT2D eigenvalue weighted by molar-refractivity contribution is 7.89. The van der Waals surface area contributed by atoms with E-state index in [1.807, 2.05) is 38.1 Å². The molecular weight excluding hydrogens is 460 g/mol. The molecule has 0 saturated carbocycles. The molecule has 6 nitrogen and oxygen atoms in total. The summed E-state index contributed by atoms with van der Waals surface area (Å²) in [5.74, 6) is 0.210. The highest BCUT2D eigenvalue weighted by atomic mass is 35.5. The number of carbonyl (C=O) groups excluding carboxylic acids is 1. The summed E-state index contributed by atoms with van der Waals surface area (Å²) >= 11 is 6.28. The number of hydrogen-bond donors (Lipinski definition) is 1. The average Bonchev–Trinajstić information content (AvgIpc) is 2.80. The Bertz CT molecular complexity index is 1210. The summed E-state index contributed by atoms with van der Waals surface area (Å²) in [5, 5.41) is 3.31. The first-order chi connectivity index (χ1) is 15.7. The van der Waals surface area contributed by atoms with Crippen LogP contribution >= 0.6 is 11.6 Å². The molecule has 0 aliphatic heterocycles. The molecule has 3 aromatic carbocycles. The van der Waals surface area contributed by atoms with Crippen LogP contribution in [-0.2, 0) is 21.4 Å². The molecule has 174 valence electrons. The number of para-hydroxylation sites is 1. The quantitative estimate of drug-likeness (QED) is 0.474. The van der Waals surface area contributed by atoms with Gasteiger partial charge in [-0.25, -0.2) is 8.42 Å². The van der Waals surface area contributed by atoms with Crippen LogP contribution in [0.25, 0.3) is 0 Å². The number of benzene rings is 3. The van der Waals surface area contributed by atoms with Gasteiger partial charge in [-0.1, -0.05) is 65.7 Å². The molecule has 0 heterocycles. The fraction of sp³-hybridized carbons (Fsp3) is 0.240. The highest BCUT2D eigenvalue weighted by Gasteiger charge is 2.28. The van der Waals surface area contributed by atoms with Gasteiger partial charge in [0.05, 0.1) is 24.6 Å². The zero-order valence-corrected chi connectivity index (χ0v) is 20.4. The van der Waals surface area contributed by atoms with Gasteiger partial charge >= 0.3 is 0 Å². The third kappa shape index (κ3) is 6.13. The van der Waals surface area contributed by atoms with Crippen LogP contribution in [0.2, 0.25) is 5.02 Å². The van der Waals surface area contributed by atoms with Crippen molar-refractivity contribution in [2.45, 2.75) is 31.3 Å². The van der Waals surface area contributed by atoms with E-state index in [2.05, 4.69) is 5.32 Å². The first kappa shape index (κ1) is 24.8. The second kappa shape index (κ2) is 10.8. The van der Waals surface area contributed by atoms with Crippen molar-refractivity contribution in [2.75, 3.05) is 13.7 Å². The molecule has 0 radical (unpaired) electrons. The van der Waals surface area contributed by atoms with E-state index in [0.717, 1.165) is 15.4 Å². The molecule has 3 rings (SSSR count). The summed E-state index contributed by atoms with van der Waals surface area (Å²) in [5.41, 5.74) is 2.35. The van der Waals surface area contributed by atoms with Crippen molar-refractivity contribution < 1.29 is 17.9 Å². The SMILES string of the molecule is COc1ccccc1C(C)NC(=O)CN(Cc1ccccc1Cl)S(=O)(=O)c1ccc(C)cc1. The van der Waals surface area contributed by atoms with Gasteiger partial charge in [0.1, 0.15) is 5.75 Å². The number of halogens is 1. The van der Waals surface area contributed by atoms with E-state index < -0.39 is 15.9 Å². The van der Waals surface area contributed by atoms with Gasteiger partial charge in [0.2, 0.25) is 15.9 Å². The van der Waals surface area contributed by atoms with Gasteiger partial charge in [0.15, 0.2) is 0 Å². The summed E-state index contributed by atoms with van der Waals surface area (Å²) in [7, 11) is -2.39. The van der Waals surface area contributed by atoms with Gasteiger partial charge in [0, 0.05) is 17.1 Å². The fourth-order valence-electron chi connectivity index (χ4n) is 3.45. The lowest BCUT2D eigenvalue weighted by atomic mass is 10.1. The van der Waals surface area contributed by atoms with Crippen molar-refractivity contribution in [1.29, 1.82) is 0 Å². The molecule has 1 unspecified atom stereocenters. The smallest absolute Gasteiger partial charge is 0.243 e. The standard InChI is InChI=1S/C25H27ClN2O4S/c1-18-12-14-21(15-13-18)33(30,31)28(16-20-8-4-6-10-23(20)26)17-25(29)27-19(2)22-9-5-7-11-24(22)32-3/h4-15,19H,16-17H2,1-3H3,(H,27,29). The van der Waals surface area contributed by atoms with Crippen LogP contribution in [0.3, 0.4) is 0 Å². The zero-order chi connectivity index (χ0) is 24.0. The summed E-state index contributed by atoms with van der Waals surface area (Å²) in [4.78, 5) is 13.1.